The number of rotatable bonds is 6. The van der Waals surface area contributed by atoms with Gasteiger partial charge >= 0.3 is 0 Å². The van der Waals surface area contributed by atoms with Gasteiger partial charge in [-0.25, -0.2) is 0 Å². The lowest BCUT2D eigenvalue weighted by atomic mass is 10.0. The van der Waals surface area contributed by atoms with Gasteiger partial charge < -0.3 is 14.6 Å². The van der Waals surface area contributed by atoms with Gasteiger partial charge in [0, 0.05) is 7.11 Å². The summed E-state index contributed by atoms with van der Waals surface area (Å²) in [4.78, 5) is 0. The van der Waals surface area contributed by atoms with Crippen molar-refractivity contribution in [3.8, 4) is 0 Å². The first kappa shape index (κ1) is 13.7. The summed E-state index contributed by atoms with van der Waals surface area (Å²) in [5, 5.41) is 9.07. The van der Waals surface area contributed by atoms with Gasteiger partial charge in [0.25, 0.3) is 0 Å². The molecule has 0 fully saturated rings. The number of hydrogen-bond donors (Lipinski definition) is 1. The lowest BCUT2D eigenvalue weighted by Gasteiger charge is -2.18. The molecule has 2 aromatic rings. The molecule has 0 bridgehead atoms. The minimum absolute atomic E-state index is 0.0508. The summed E-state index contributed by atoms with van der Waals surface area (Å²) >= 11 is 0. The van der Waals surface area contributed by atoms with Crippen LogP contribution >= 0.6 is 0 Å². The molecule has 100 valence electrons. The Labute approximate surface area is 113 Å². The van der Waals surface area contributed by atoms with Gasteiger partial charge in [0.1, 0.15) is 12.9 Å². The van der Waals surface area contributed by atoms with Crippen molar-refractivity contribution in [1.82, 2.24) is 0 Å². The van der Waals surface area contributed by atoms with Gasteiger partial charge in [-0.2, -0.15) is 0 Å². The van der Waals surface area contributed by atoms with Crippen LogP contribution in [0.2, 0.25) is 0 Å². The summed E-state index contributed by atoms with van der Waals surface area (Å²) in [5.74, 6) is 0. The Morgan fingerprint density at radius 3 is 2.16 bits per heavy atom. The van der Waals surface area contributed by atoms with Gasteiger partial charge in [0.2, 0.25) is 0 Å². The zero-order valence-electron chi connectivity index (χ0n) is 11.0. The molecule has 3 heteroatoms. The third kappa shape index (κ3) is 3.64. The van der Waals surface area contributed by atoms with Crippen LogP contribution in [0.5, 0.6) is 0 Å². The quantitative estimate of drug-likeness (QED) is 0.810. The standard InChI is InChI=1S/C16H18O3/c1-18-12-19-16(14-5-3-2-4-6-14)15-9-7-13(11-17)8-10-15/h2-10,16-17H,11-12H2,1H3. The maximum Gasteiger partial charge on any atom is 0.147 e. The van der Waals surface area contributed by atoms with Crippen molar-refractivity contribution in [2.45, 2.75) is 12.7 Å². The van der Waals surface area contributed by atoms with E-state index in [1.807, 2.05) is 54.6 Å². The normalized spacial score (nSPS) is 12.3. The average Bonchev–Trinajstić information content (AvgIpc) is 2.49. The van der Waals surface area contributed by atoms with E-state index in [1.54, 1.807) is 7.11 Å². The Morgan fingerprint density at radius 1 is 0.947 bits per heavy atom. The molecule has 0 spiro atoms. The van der Waals surface area contributed by atoms with Crippen molar-refractivity contribution in [2.24, 2.45) is 0 Å². The molecule has 1 unspecified atom stereocenters. The first-order chi connectivity index (χ1) is 9.35. The molecular formula is C16H18O3. The van der Waals surface area contributed by atoms with Crippen LogP contribution in [-0.4, -0.2) is 19.0 Å². The topological polar surface area (TPSA) is 38.7 Å². The fraction of sp³-hybridized carbons (Fsp3) is 0.250. The van der Waals surface area contributed by atoms with E-state index in [4.69, 9.17) is 14.6 Å². The van der Waals surface area contributed by atoms with Crippen molar-refractivity contribution in [1.29, 1.82) is 0 Å². The molecule has 0 amide bonds. The number of hydrogen-bond acceptors (Lipinski definition) is 3. The number of aliphatic hydroxyl groups is 1. The summed E-state index contributed by atoms with van der Waals surface area (Å²) in [6.45, 7) is 0.288. The third-order valence-electron chi connectivity index (χ3n) is 2.92. The lowest BCUT2D eigenvalue weighted by molar-refractivity contribution is -0.0591. The zero-order valence-corrected chi connectivity index (χ0v) is 11.0. The number of aliphatic hydroxyl groups excluding tert-OH is 1. The molecule has 19 heavy (non-hydrogen) atoms. The lowest BCUT2D eigenvalue weighted by Crippen LogP contribution is -2.08. The number of ether oxygens (including phenoxy) is 2. The molecule has 2 rings (SSSR count). The van der Waals surface area contributed by atoms with Gasteiger partial charge in [-0.1, -0.05) is 54.6 Å². The van der Waals surface area contributed by atoms with E-state index in [0.717, 1.165) is 16.7 Å². The fourth-order valence-corrected chi connectivity index (χ4v) is 1.95. The highest BCUT2D eigenvalue weighted by Gasteiger charge is 2.14. The maximum absolute atomic E-state index is 9.07. The van der Waals surface area contributed by atoms with Crippen LogP contribution in [-0.2, 0) is 16.1 Å². The average molecular weight is 258 g/mol. The van der Waals surface area contributed by atoms with Crippen LogP contribution in [0.1, 0.15) is 22.8 Å². The summed E-state index contributed by atoms with van der Waals surface area (Å²) in [7, 11) is 1.61. The molecule has 0 aromatic heterocycles. The van der Waals surface area contributed by atoms with E-state index < -0.39 is 0 Å². The molecular weight excluding hydrogens is 240 g/mol. The van der Waals surface area contributed by atoms with E-state index in [9.17, 15) is 0 Å². The second-order valence-corrected chi connectivity index (χ2v) is 4.26. The van der Waals surface area contributed by atoms with Crippen molar-refractivity contribution >= 4 is 0 Å². The first-order valence-electron chi connectivity index (χ1n) is 6.20. The van der Waals surface area contributed by atoms with Crippen molar-refractivity contribution in [3.63, 3.8) is 0 Å². The van der Waals surface area contributed by atoms with Gasteiger partial charge in [-0.05, 0) is 16.7 Å². The molecule has 0 aliphatic carbocycles. The Morgan fingerprint density at radius 2 is 1.58 bits per heavy atom. The minimum atomic E-state index is -0.158. The van der Waals surface area contributed by atoms with E-state index in [-0.39, 0.29) is 19.5 Å². The van der Waals surface area contributed by atoms with Crippen LogP contribution in [0.3, 0.4) is 0 Å². The smallest absolute Gasteiger partial charge is 0.147 e. The molecule has 0 heterocycles. The second-order valence-electron chi connectivity index (χ2n) is 4.26. The van der Waals surface area contributed by atoms with Gasteiger partial charge in [-0.15, -0.1) is 0 Å². The predicted octanol–water partition coefficient (Wildman–Crippen LogP) is 2.89. The van der Waals surface area contributed by atoms with Gasteiger partial charge in [0.15, 0.2) is 0 Å². The van der Waals surface area contributed by atoms with Crippen molar-refractivity contribution in [2.75, 3.05) is 13.9 Å². The Hall–Kier alpha value is -1.68. The highest BCUT2D eigenvalue weighted by Crippen LogP contribution is 2.26. The van der Waals surface area contributed by atoms with Gasteiger partial charge in [-0.3, -0.25) is 0 Å². The molecule has 0 saturated carbocycles. The molecule has 0 aliphatic rings. The first-order valence-corrected chi connectivity index (χ1v) is 6.20. The molecule has 1 atom stereocenters. The van der Waals surface area contributed by atoms with Crippen molar-refractivity contribution in [3.05, 3.63) is 71.3 Å². The monoisotopic (exact) mass is 258 g/mol. The van der Waals surface area contributed by atoms with Crippen LogP contribution in [0, 0.1) is 0 Å². The van der Waals surface area contributed by atoms with Crippen molar-refractivity contribution < 1.29 is 14.6 Å². The summed E-state index contributed by atoms with van der Waals surface area (Å²) in [6, 6.07) is 17.8. The minimum Gasteiger partial charge on any atom is -0.392 e. The highest BCUT2D eigenvalue weighted by molar-refractivity contribution is 5.32. The van der Waals surface area contributed by atoms with E-state index in [1.165, 1.54) is 0 Å². The molecule has 0 aliphatic heterocycles. The van der Waals surface area contributed by atoms with E-state index in [2.05, 4.69) is 0 Å². The van der Waals surface area contributed by atoms with Crippen LogP contribution in [0.4, 0.5) is 0 Å². The second kappa shape index (κ2) is 7.04. The van der Waals surface area contributed by atoms with E-state index >= 15 is 0 Å². The zero-order chi connectivity index (χ0) is 13.5. The largest absolute Gasteiger partial charge is 0.392 e. The van der Waals surface area contributed by atoms with Crippen LogP contribution < -0.4 is 0 Å². The summed E-state index contributed by atoms with van der Waals surface area (Å²) in [6.07, 6.45) is -0.158. The van der Waals surface area contributed by atoms with Gasteiger partial charge in [0.05, 0.1) is 6.61 Å². The molecule has 1 N–H and O–H groups in total. The number of benzene rings is 2. The van der Waals surface area contributed by atoms with Crippen LogP contribution in [0.25, 0.3) is 0 Å². The Balaban J connectivity index is 2.26. The Bertz CT molecular complexity index is 479. The Kier molecular flexibility index (Phi) is 5.10. The SMILES string of the molecule is COCOC(c1ccccc1)c1ccc(CO)cc1. The molecule has 0 radical (unpaired) electrons. The molecule has 3 nitrogen and oxygen atoms in total. The third-order valence-corrected chi connectivity index (χ3v) is 2.92. The fourth-order valence-electron chi connectivity index (χ4n) is 1.95. The summed E-state index contributed by atoms with van der Waals surface area (Å²) in [5.41, 5.74) is 3.01. The predicted molar refractivity (Wildman–Crippen MR) is 73.6 cm³/mol. The number of methoxy groups -OCH3 is 1. The summed E-state index contributed by atoms with van der Waals surface area (Å²) < 4.78 is 10.8. The van der Waals surface area contributed by atoms with E-state index in [0.29, 0.717) is 0 Å². The maximum atomic E-state index is 9.07. The van der Waals surface area contributed by atoms with Crippen LogP contribution in [0.15, 0.2) is 54.6 Å². The highest BCUT2D eigenvalue weighted by atomic mass is 16.7. The molecule has 0 saturated heterocycles. The molecule has 2 aromatic carbocycles.